The minimum atomic E-state index is -0.138. The van der Waals surface area contributed by atoms with Crippen molar-refractivity contribution in [3.05, 3.63) is 48.9 Å². The molecule has 176 valence electrons. The zero-order valence-electron chi connectivity index (χ0n) is 19.2. The van der Waals surface area contributed by atoms with Gasteiger partial charge in [-0.05, 0) is 74.5 Å². The first-order valence-electron chi connectivity index (χ1n) is 12.3. The number of imidazole rings is 1. The molecule has 0 radical (unpaired) electrons. The molecule has 3 amide bonds. The Morgan fingerprint density at radius 2 is 1.74 bits per heavy atom. The quantitative estimate of drug-likeness (QED) is 0.520. The van der Waals surface area contributed by atoms with E-state index in [1.54, 1.807) is 6.20 Å². The predicted molar refractivity (Wildman–Crippen MR) is 129 cm³/mol. The molecule has 8 nitrogen and oxygen atoms in total. The molecule has 4 aliphatic carbocycles. The first kappa shape index (κ1) is 21.1. The van der Waals surface area contributed by atoms with Crippen LogP contribution in [0, 0.1) is 17.8 Å². The average molecular weight is 459 g/mol. The van der Waals surface area contributed by atoms with Crippen LogP contribution in [0.3, 0.4) is 0 Å². The van der Waals surface area contributed by atoms with Gasteiger partial charge in [0.25, 0.3) is 0 Å². The van der Waals surface area contributed by atoms with Crippen molar-refractivity contribution >= 4 is 23.4 Å². The van der Waals surface area contributed by atoms with Crippen LogP contribution in [0.2, 0.25) is 0 Å². The number of carbonyl (C=O) groups is 2. The van der Waals surface area contributed by atoms with Gasteiger partial charge in [-0.25, -0.2) is 14.8 Å². The maximum Gasteiger partial charge on any atom is 0.315 e. The van der Waals surface area contributed by atoms with E-state index in [1.165, 1.54) is 19.3 Å². The zero-order chi connectivity index (χ0) is 23.1. The van der Waals surface area contributed by atoms with Crippen LogP contribution in [-0.2, 0) is 4.79 Å². The summed E-state index contributed by atoms with van der Waals surface area (Å²) in [5.41, 5.74) is 2.48. The lowest BCUT2D eigenvalue weighted by atomic mass is 9.53. The Morgan fingerprint density at radius 1 is 1.03 bits per heavy atom. The number of urea groups is 1. The number of aromatic nitrogens is 3. The van der Waals surface area contributed by atoms with Gasteiger partial charge in [-0.15, -0.1) is 0 Å². The second-order valence-corrected chi connectivity index (χ2v) is 10.4. The third kappa shape index (κ3) is 4.24. The van der Waals surface area contributed by atoms with Crippen LogP contribution in [0.25, 0.3) is 17.0 Å². The van der Waals surface area contributed by atoms with E-state index < -0.39 is 0 Å². The van der Waals surface area contributed by atoms with Gasteiger partial charge in [0, 0.05) is 48.3 Å². The molecule has 0 atom stereocenters. The number of carbonyl (C=O) groups excluding carboxylic acids is 2. The van der Waals surface area contributed by atoms with Gasteiger partial charge in [0.2, 0.25) is 11.7 Å². The number of fused-ring (bicyclic) bond motifs is 1. The van der Waals surface area contributed by atoms with Gasteiger partial charge in [0.05, 0.1) is 5.69 Å². The molecule has 7 rings (SSSR count). The number of rotatable bonds is 6. The number of nitrogens with zero attached hydrogens (tertiary/aromatic N) is 3. The molecule has 3 aromatic rings. The molecule has 34 heavy (non-hydrogen) atoms. The van der Waals surface area contributed by atoms with E-state index >= 15 is 0 Å². The average Bonchev–Trinajstić information content (AvgIpc) is 3.22. The third-order valence-electron chi connectivity index (χ3n) is 7.75. The fourth-order valence-corrected chi connectivity index (χ4v) is 6.76. The van der Waals surface area contributed by atoms with Crippen molar-refractivity contribution in [1.29, 1.82) is 0 Å². The van der Waals surface area contributed by atoms with Gasteiger partial charge in [0.1, 0.15) is 0 Å². The highest BCUT2D eigenvalue weighted by Gasteiger charge is 2.51. The molecule has 1 aromatic carbocycles. The van der Waals surface area contributed by atoms with Crippen LogP contribution < -0.4 is 16.0 Å². The smallest absolute Gasteiger partial charge is 0.315 e. The van der Waals surface area contributed by atoms with Gasteiger partial charge in [-0.2, -0.15) is 0 Å². The molecule has 0 saturated heterocycles. The van der Waals surface area contributed by atoms with Crippen LogP contribution in [0.15, 0.2) is 48.9 Å². The minimum Gasteiger partial charge on any atom is -0.338 e. The standard InChI is InChI=1S/C26H30N6O2/c33-23(6-8-28-25(34)31-26-13-17-10-18(14-26)12-19(11-17)15-26)29-21-4-2-20(3-5-21)22-16-32-9-1-7-27-24(32)30-22/h1-5,7,9,16-19H,6,8,10-15H2,(H,29,33)(H2,28,31,34). The summed E-state index contributed by atoms with van der Waals surface area (Å²) in [7, 11) is 0. The molecule has 3 N–H and O–H groups in total. The summed E-state index contributed by atoms with van der Waals surface area (Å²) >= 11 is 0. The SMILES string of the molecule is O=C(CCNC(=O)NC12CC3CC(CC(C3)C1)C2)Nc1ccc(-c2cn3cccnc3n2)cc1. The zero-order valence-corrected chi connectivity index (χ0v) is 19.2. The molecular formula is C26H30N6O2. The molecule has 0 unspecified atom stereocenters. The van der Waals surface area contributed by atoms with Crippen molar-refractivity contribution in [3.8, 4) is 11.3 Å². The number of hydrogen-bond acceptors (Lipinski definition) is 4. The van der Waals surface area contributed by atoms with E-state index in [1.807, 2.05) is 47.1 Å². The normalized spacial score (nSPS) is 27.0. The second-order valence-electron chi connectivity index (χ2n) is 10.4. The van der Waals surface area contributed by atoms with Crippen LogP contribution in [-0.4, -0.2) is 38.4 Å². The van der Waals surface area contributed by atoms with Crippen LogP contribution in [0.4, 0.5) is 10.5 Å². The van der Waals surface area contributed by atoms with Crippen LogP contribution >= 0.6 is 0 Å². The lowest BCUT2D eigenvalue weighted by Gasteiger charge is -2.56. The second kappa shape index (κ2) is 8.42. The van der Waals surface area contributed by atoms with E-state index in [2.05, 4.69) is 25.9 Å². The summed E-state index contributed by atoms with van der Waals surface area (Å²) in [5, 5.41) is 9.07. The topological polar surface area (TPSA) is 100 Å². The number of hydrogen-bond donors (Lipinski definition) is 3. The van der Waals surface area contributed by atoms with E-state index in [-0.39, 0.29) is 23.9 Å². The summed E-state index contributed by atoms with van der Waals surface area (Å²) in [6.07, 6.45) is 13.2. The first-order valence-corrected chi connectivity index (χ1v) is 12.3. The van der Waals surface area contributed by atoms with Crippen molar-refractivity contribution in [1.82, 2.24) is 25.0 Å². The highest BCUT2D eigenvalue weighted by Crippen LogP contribution is 2.55. The Balaban J connectivity index is 0.975. The fraction of sp³-hybridized carbons (Fsp3) is 0.462. The maximum atomic E-state index is 12.5. The van der Waals surface area contributed by atoms with Crippen LogP contribution in [0.5, 0.6) is 0 Å². The Morgan fingerprint density at radius 3 is 2.41 bits per heavy atom. The van der Waals surface area contributed by atoms with Crippen molar-refractivity contribution in [2.24, 2.45) is 17.8 Å². The molecule has 4 fully saturated rings. The largest absolute Gasteiger partial charge is 0.338 e. The molecule has 0 spiro atoms. The van der Waals surface area contributed by atoms with Gasteiger partial charge < -0.3 is 16.0 Å². The van der Waals surface area contributed by atoms with E-state index in [0.717, 1.165) is 48.3 Å². The summed E-state index contributed by atoms with van der Waals surface area (Å²) in [5.74, 6) is 2.88. The van der Waals surface area contributed by atoms with E-state index in [9.17, 15) is 9.59 Å². The van der Waals surface area contributed by atoms with Gasteiger partial charge in [0.15, 0.2) is 0 Å². The first-order chi connectivity index (χ1) is 16.5. The fourth-order valence-electron chi connectivity index (χ4n) is 6.76. The number of anilines is 1. The maximum absolute atomic E-state index is 12.5. The Kier molecular flexibility index (Phi) is 5.23. The minimum absolute atomic E-state index is 0.0141. The van der Waals surface area contributed by atoms with Crippen molar-refractivity contribution in [2.45, 2.75) is 50.5 Å². The van der Waals surface area contributed by atoms with Gasteiger partial charge in [-0.1, -0.05) is 12.1 Å². The lowest BCUT2D eigenvalue weighted by molar-refractivity contribution is -0.116. The highest BCUT2D eigenvalue weighted by atomic mass is 16.2. The molecule has 4 bridgehead atoms. The van der Waals surface area contributed by atoms with Crippen molar-refractivity contribution in [3.63, 3.8) is 0 Å². The molecular weight excluding hydrogens is 428 g/mol. The summed E-state index contributed by atoms with van der Waals surface area (Å²) in [6.45, 7) is 0.316. The highest BCUT2D eigenvalue weighted by molar-refractivity contribution is 5.91. The van der Waals surface area contributed by atoms with Crippen molar-refractivity contribution in [2.75, 3.05) is 11.9 Å². The summed E-state index contributed by atoms with van der Waals surface area (Å²) in [4.78, 5) is 33.7. The van der Waals surface area contributed by atoms with Gasteiger partial charge in [-0.3, -0.25) is 9.20 Å². The molecule has 2 aromatic heterocycles. The summed E-state index contributed by atoms with van der Waals surface area (Å²) in [6, 6.07) is 9.29. The molecule has 8 heteroatoms. The van der Waals surface area contributed by atoms with E-state index in [0.29, 0.717) is 18.0 Å². The molecule has 2 heterocycles. The Hall–Kier alpha value is -3.42. The lowest BCUT2D eigenvalue weighted by Crippen LogP contribution is -2.61. The Bertz CT molecular complexity index is 1150. The molecule has 0 aliphatic heterocycles. The molecule has 4 saturated carbocycles. The molecule has 4 aliphatic rings. The number of nitrogens with one attached hydrogen (secondary N) is 3. The third-order valence-corrected chi connectivity index (χ3v) is 7.75. The predicted octanol–water partition coefficient (Wildman–Crippen LogP) is 3.99. The Labute approximate surface area is 198 Å². The van der Waals surface area contributed by atoms with Crippen molar-refractivity contribution < 1.29 is 9.59 Å². The van der Waals surface area contributed by atoms with Crippen LogP contribution in [0.1, 0.15) is 44.9 Å². The summed E-state index contributed by atoms with van der Waals surface area (Å²) < 4.78 is 1.87. The monoisotopic (exact) mass is 458 g/mol. The van der Waals surface area contributed by atoms with E-state index in [4.69, 9.17) is 0 Å². The van der Waals surface area contributed by atoms with Gasteiger partial charge >= 0.3 is 6.03 Å². The number of benzene rings is 1. The number of amides is 3.